The van der Waals surface area contributed by atoms with E-state index in [1.807, 2.05) is 42.5 Å². The summed E-state index contributed by atoms with van der Waals surface area (Å²) in [6.45, 7) is -0.139. The molecule has 0 aliphatic rings. The molecule has 0 aliphatic carbocycles. The predicted octanol–water partition coefficient (Wildman–Crippen LogP) is 4.14. The maximum atomic E-state index is 11.9. The van der Waals surface area contributed by atoms with Crippen LogP contribution < -0.4 is 14.9 Å². The predicted molar refractivity (Wildman–Crippen MR) is 106 cm³/mol. The molecule has 0 fully saturated rings. The fourth-order valence-corrected chi connectivity index (χ4v) is 2.84. The molecule has 0 bridgehead atoms. The lowest BCUT2D eigenvalue weighted by Crippen LogP contribution is -2.24. The molecule has 1 N–H and O–H groups in total. The molecule has 0 atom stereocenters. The zero-order chi connectivity index (χ0) is 18.4. The first-order valence-electron chi connectivity index (χ1n) is 7.93. The zero-order valence-corrected chi connectivity index (χ0v) is 15.7. The van der Waals surface area contributed by atoms with Crippen molar-refractivity contribution in [1.82, 2.24) is 5.43 Å². The van der Waals surface area contributed by atoms with Crippen molar-refractivity contribution in [2.75, 3.05) is 13.7 Å². The molecule has 0 aliphatic heterocycles. The summed E-state index contributed by atoms with van der Waals surface area (Å²) in [4.78, 5) is 11.9. The molecule has 132 valence electrons. The van der Waals surface area contributed by atoms with E-state index in [0.717, 1.165) is 16.3 Å². The van der Waals surface area contributed by atoms with Gasteiger partial charge in [0.15, 0.2) is 6.61 Å². The van der Waals surface area contributed by atoms with Gasteiger partial charge in [-0.05, 0) is 56.5 Å². The fourth-order valence-electron chi connectivity index (χ4n) is 2.37. The minimum Gasteiger partial charge on any atom is -0.497 e. The highest BCUT2D eigenvalue weighted by Crippen LogP contribution is 2.28. The second-order valence-electron chi connectivity index (χ2n) is 5.48. The van der Waals surface area contributed by atoms with Crippen LogP contribution in [0.25, 0.3) is 10.8 Å². The van der Waals surface area contributed by atoms with Crippen LogP contribution in [0.1, 0.15) is 5.56 Å². The summed E-state index contributed by atoms with van der Waals surface area (Å²) in [5.74, 6) is 0.915. The van der Waals surface area contributed by atoms with Gasteiger partial charge in [0.05, 0.1) is 17.8 Å². The number of methoxy groups -OCH3 is 1. The Hall–Kier alpha value is -2.86. The van der Waals surface area contributed by atoms with Crippen molar-refractivity contribution in [3.8, 4) is 11.5 Å². The smallest absolute Gasteiger partial charge is 0.277 e. The number of nitrogens with one attached hydrogen (secondary N) is 1. The number of ether oxygens (including phenoxy) is 2. The Morgan fingerprint density at radius 1 is 1.12 bits per heavy atom. The maximum absolute atomic E-state index is 11.9. The van der Waals surface area contributed by atoms with E-state index in [1.165, 1.54) is 0 Å². The highest BCUT2D eigenvalue weighted by Gasteiger charge is 2.06. The normalized spacial score (nSPS) is 10.8. The number of hydrogen-bond acceptors (Lipinski definition) is 4. The molecule has 3 rings (SSSR count). The number of amides is 1. The van der Waals surface area contributed by atoms with Crippen LogP contribution in [-0.4, -0.2) is 25.8 Å². The molecule has 0 saturated carbocycles. The third-order valence-electron chi connectivity index (χ3n) is 3.67. The van der Waals surface area contributed by atoms with Crippen molar-refractivity contribution in [3.05, 3.63) is 70.7 Å². The highest BCUT2D eigenvalue weighted by atomic mass is 79.9. The molecule has 1 amide bonds. The number of carbonyl (C=O) groups is 1. The SMILES string of the molecule is COc1ccc(OCC(=O)N/N=C\c2ccc3ccccc3c2)c(Br)c1. The summed E-state index contributed by atoms with van der Waals surface area (Å²) in [6, 6.07) is 19.3. The van der Waals surface area contributed by atoms with E-state index in [4.69, 9.17) is 9.47 Å². The second kappa shape index (κ2) is 8.49. The van der Waals surface area contributed by atoms with E-state index in [1.54, 1.807) is 31.5 Å². The van der Waals surface area contributed by atoms with Gasteiger partial charge in [-0.2, -0.15) is 5.10 Å². The van der Waals surface area contributed by atoms with E-state index >= 15 is 0 Å². The van der Waals surface area contributed by atoms with Crippen LogP contribution in [0.3, 0.4) is 0 Å². The maximum Gasteiger partial charge on any atom is 0.277 e. The van der Waals surface area contributed by atoms with Crippen molar-refractivity contribution in [2.45, 2.75) is 0 Å². The number of rotatable bonds is 6. The second-order valence-corrected chi connectivity index (χ2v) is 6.34. The number of halogens is 1. The van der Waals surface area contributed by atoms with Gasteiger partial charge in [0.2, 0.25) is 0 Å². The summed E-state index contributed by atoms with van der Waals surface area (Å²) in [7, 11) is 1.59. The summed E-state index contributed by atoms with van der Waals surface area (Å²) in [6.07, 6.45) is 1.60. The van der Waals surface area contributed by atoms with Crippen molar-refractivity contribution in [1.29, 1.82) is 0 Å². The Bertz CT molecular complexity index is 957. The van der Waals surface area contributed by atoms with Gasteiger partial charge in [0.25, 0.3) is 5.91 Å². The monoisotopic (exact) mass is 412 g/mol. The molecule has 0 spiro atoms. The number of hydrazone groups is 1. The van der Waals surface area contributed by atoms with Crippen molar-refractivity contribution < 1.29 is 14.3 Å². The van der Waals surface area contributed by atoms with E-state index in [-0.39, 0.29) is 12.5 Å². The average molecular weight is 413 g/mol. The quantitative estimate of drug-likeness (QED) is 0.488. The van der Waals surface area contributed by atoms with Gasteiger partial charge in [-0.1, -0.05) is 36.4 Å². The number of carbonyl (C=O) groups excluding carboxylic acids is 1. The number of hydrogen-bond donors (Lipinski definition) is 1. The third kappa shape index (κ3) is 4.61. The number of fused-ring (bicyclic) bond motifs is 1. The Labute approximate surface area is 159 Å². The molecule has 3 aromatic carbocycles. The van der Waals surface area contributed by atoms with Gasteiger partial charge >= 0.3 is 0 Å². The Balaban J connectivity index is 1.54. The lowest BCUT2D eigenvalue weighted by atomic mass is 10.1. The van der Waals surface area contributed by atoms with Crippen LogP contribution in [0.5, 0.6) is 11.5 Å². The molecule has 6 heteroatoms. The highest BCUT2D eigenvalue weighted by molar-refractivity contribution is 9.10. The molecule has 0 aromatic heterocycles. The summed E-state index contributed by atoms with van der Waals surface area (Å²) in [5.41, 5.74) is 3.36. The van der Waals surface area contributed by atoms with Crippen LogP contribution in [0.4, 0.5) is 0 Å². The minimum absolute atomic E-state index is 0.139. The Morgan fingerprint density at radius 2 is 1.92 bits per heavy atom. The van der Waals surface area contributed by atoms with Crippen molar-refractivity contribution in [3.63, 3.8) is 0 Å². The summed E-state index contributed by atoms with van der Waals surface area (Å²) < 4.78 is 11.3. The number of nitrogens with zero attached hydrogens (tertiary/aromatic N) is 1. The van der Waals surface area contributed by atoms with E-state index in [9.17, 15) is 4.79 Å². The third-order valence-corrected chi connectivity index (χ3v) is 4.29. The van der Waals surface area contributed by atoms with Gasteiger partial charge in [-0.15, -0.1) is 0 Å². The van der Waals surface area contributed by atoms with Gasteiger partial charge in [0.1, 0.15) is 11.5 Å². The molecule has 5 nitrogen and oxygen atoms in total. The first-order valence-corrected chi connectivity index (χ1v) is 8.72. The van der Waals surface area contributed by atoms with Crippen LogP contribution in [0.15, 0.2) is 70.2 Å². The average Bonchev–Trinajstić information content (AvgIpc) is 2.67. The molecular weight excluding hydrogens is 396 g/mol. The molecular formula is C20H17BrN2O3. The van der Waals surface area contributed by atoms with Gasteiger partial charge < -0.3 is 9.47 Å². The molecule has 0 radical (unpaired) electrons. The zero-order valence-electron chi connectivity index (χ0n) is 14.1. The van der Waals surface area contributed by atoms with Gasteiger partial charge in [-0.3, -0.25) is 4.79 Å². The molecule has 0 heterocycles. The fraction of sp³-hybridized carbons (Fsp3) is 0.100. The number of benzene rings is 3. The van der Waals surface area contributed by atoms with E-state index in [2.05, 4.69) is 26.5 Å². The van der Waals surface area contributed by atoms with Crippen LogP contribution in [0.2, 0.25) is 0 Å². The first kappa shape index (κ1) is 17.9. The molecule has 0 unspecified atom stereocenters. The van der Waals surface area contributed by atoms with Crippen molar-refractivity contribution in [2.24, 2.45) is 5.10 Å². The lowest BCUT2D eigenvalue weighted by Gasteiger charge is -2.08. The first-order chi connectivity index (χ1) is 12.7. The minimum atomic E-state index is -0.343. The molecule has 0 saturated heterocycles. The molecule has 26 heavy (non-hydrogen) atoms. The van der Waals surface area contributed by atoms with E-state index in [0.29, 0.717) is 16.0 Å². The van der Waals surface area contributed by atoms with Crippen LogP contribution in [0, 0.1) is 0 Å². The summed E-state index contributed by atoms with van der Waals surface area (Å²) >= 11 is 3.37. The van der Waals surface area contributed by atoms with Gasteiger partial charge in [-0.25, -0.2) is 5.43 Å². The standard InChI is InChI=1S/C20H17BrN2O3/c1-25-17-8-9-19(18(21)11-17)26-13-20(24)23-22-12-14-6-7-15-4-2-3-5-16(15)10-14/h2-12H,13H2,1H3,(H,23,24)/b22-12-. The molecule has 3 aromatic rings. The Morgan fingerprint density at radius 3 is 2.69 bits per heavy atom. The largest absolute Gasteiger partial charge is 0.497 e. The topological polar surface area (TPSA) is 59.9 Å². The van der Waals surface area contributed by atoms with Crippen LogP contribution >= 0.6 is 15.9 Å². The van der Waals surface area contributed by atoms with Crippen molar-refractivity contribution >= 4 is 38.8 Å². The lowest BCUT2D eigenvalue weighted by molar-refractivity contribution is -0.123. The Kier molecular flexibility index (Phi) is 5.86. The summed E-state index contributed by atoms with van der Waals surface area (Å²) in [5, 5.41) is 6.25. The van der Waals surface area contributed by atoms with Gasteiger partial charge in [0, 0.05) is 0 Å². The van der Waals surface area contributed by atoms with E-state index < -0.39 is 0 Å². The van der Waals surface area contributed by atoms with Crippen LogP contribution in [-0.2, 0) is 4.79 Å².